The molecule has 0 radical (unpaired) electrons. The Labute approximate surface area is 152 Å². The second kappa shape index (κ2) is 8.50. The van der Waals surface area contributed by atoms with Crippen LogP contribution < -0.4 is 4.74 Å². The summed E-state index contributed by atoms with van der Waals surface area (Å²) in [6.45, 7) is 10.7. The Bertz CT molecular complexity index is 676. The standard InChI is InChI=1S/C22H30N2O/c1-18-9-10-19(2)22(21(18)17-20-7-5-4-6-8-20)25-16-15-24-13-11-23(3)12-14-24/h4-10H,11-17H2,1-3H3. The Morgan fingerprint density at radius 1 is 0.880 bits per heavy atom. The van der Waals surface area contributed by atoms with Gasteiger partial charge in [0, 0.05) is 44.7 Å². The number of hydrogen-bond acceptors (Lipinski definition) is 3. The Kier molecular flexibility index (Phi) is 6.11. The summed E-state index contributed by atoms with van der Waals surface area (Å²) in [5, 5.41) is 0. The maximum atomic E-state index is 6.30. The maximum absolute atomic E-state index is 6.30. The van der Waals surface area contributed by atoms with Crippen LogP contribution >= 0.6 is 0 Å². The molecule has 0 bridgehead atoms. The minimum absolute atomic E-state index is 0.760. The zero-order valence-corrected chi connectivity index (χ0v) is 15.8. The van der Waals surface area contributed by atoms with Gasteiger partial charge in [0.05, 0.1) is 0 Å². The molecule has 134 valence electrons. The van der Waals surface area contributed by atoms with E-state index in [9.17, 15) is 0 Å². The van der Waals surface area contributed by atoms with Gasteiger partial charge in [0.15, 0.2) is 0 Å². The number of likely N-dealkylation sites (N-methyl/N-ethyl adjacent to an activating group) is 1. The normalized spacial score (nSPS) is 16.1. The smallest absolute Gasteiger partial charge is 0.126 e. The molecule has 25 heavy (non-hydrogen) atoms. The van der Waals surface area contributed by atoms with Crippen LogP contribution in [0, 0.1) is 13.8 Å². The molecule has 0 aromatic heterocycles. The summed E-state index contributed by atoms with van der Waals surface area (Å²) in [4.78, 5) is 4.89. The summed E-state index contributed by atoms with van der Waals surface area (Å²) < 4.78 is 6.30. The molecular formula is C22H30N2O. The molecule has 0 unspecified atom stereocenters. The number of ether oxygens (including phenoxy) is 1. The second-order valence-electron chi connectivity index (χ2n) is 7.16. The Hall–Kier alpha value is -1.84. The predicted octanol–water partition coefficient (Wildman–Crippen LogP) is 3.52. The van der Waals surface area contributed by atoms with E-state index < -0.39 is 0 Å². The van der Waals surface area contributed by atoms with Gasteiger partial charge in [-0.25, -0.2) is 0 Å². The molecule has 1 aliphatic heterocycles. The summed E-state index contributed by atoms with van der Waals surface area (Å²) in [5.41, 5.74) is 5.20. The predicted molar refractivity (Wildman–Crippen MR) is 105 cm³/mol. The number of hydrogen-bond donors (Lipinski definition) is 0. The Balaban J connectivity index is 1.66. The fourth-order valence-corrected chi connectivity index (χ4v) is 3.41. The molecule has 0 N–H and O–H groups in total. The van der Waals surface area contributed by atoms with Gasteiger partial charge < -0.3 is 9.64 Å². The highest BCUT2D eigenvalue weighted by atomic mass is 16.5. The van der Waals surface area contributed by atoms with Crippen LogP contribution in [0.2, 0.25) is 0 Å². The average molecular weight is 338 g/mol. The highest BCUT2D eigenvalue weighted by Crippen LogP contribution is 2.29. The van der Waals surface area contributed by atoms with Gasteiger partial charge in [0.2, 0.25) is 0 Å². The van der Waals surface area contributed by atoms with E-state index in [1.54, 1.807) is 0 Å². The molecule has 3 rings (SSSR count). The van der Waals surface area contributed by atoms with Crippen molar-refractivity contribution in [3.8, 4) is 5.75 Å². The fourth-order valence-electron chi connectivity index (χ4n) is 3.41. The van der Waals surface area contributed by atoms with Crippen LogP contribution in [0.5, 0.6) is 5.75 Å². The van der Waals surface area contributed by atoms with Gasteiger partial charge in [0.1, 0.15) is 12.4 Å². The fraction of sp³-hybridized carbons (Fsp3) is 0.455. The summed E-state index contributed by atoms with van der Waals surface area (Å²) >= 11 is 0. The first-order chi connectivity index (χ1) is 12.1. The molecule has 2 aromatic rings. The zero-order chi connectivity index (χ0) is 17.6. The van der Waals surface area contributed by atoms with Gasteiger partial charge >= 0.3 is 0 Å². The molecule has 3 heteroatoms. The molecule has 0 amide bonds. The van der Waals surface area contributed by atoms with E-state index >= 15 is 0 Å². The van der Waals surface area contributed by atoms with Gasteiger partial charge in [-0.3, -0.25) is 4.90 Å². The lowest BCUT2D eigenvalue weighted by atomic mass is 9.97. The van der Waals surface area contributed by atoms with E-state index in [-0.39, 0.29) is 0 Å². The lowest BCUT2D eigenvalue weighted by molar-refractivity contribution is 0.133. The number of rotatable bonds is 6. The van der Waals surface area contributed by atoms with Crippen molar-refractivity contribution in [2.75, 3.05) is 46.4 Å². The highest BCUT2D eigenvalue weighted by Gasteiger charge is 2.15. The van der Waals surface area contributed by atoms with Crippen LogP contribution in [-0.2, 0) is 6.42 Å². The second-order valence-corrected chi connectivity index (χ2v) is 7.16. The molecule has 1 heterocycles. The summed E-state index contributed by atoms with van der Waals surface area (Å²) in [7, 11) is 2.19. The quantitative estimate of drug-likeness (QED) is 0.801. The van der Waals surface area contributed by atoms with Crippen LogP contribution in [-0.4, -0.2) is 56.2 Å². The summed E-state index contributed by atoms with van der Waals surface area (Å²) in [6, 6.07) is 15.0. The van der Waals surface area contributed by atoms with E-state index in [4.69, 9.17) is 4.74 Å². The minimum atomic E-state index is 0.760. The van der Waals surface area contributed by atoms with Crippen LogP contribution in [0.1, 0.15) is 22.3 Å². The third-order valence-electron chi connectivity index (χ3n) is 5.17. The molecule has 0 saturated carbocycles. The van der Waals surface area contributed by atoms with Crippen molar-refractivity contribution in [1.82, 2.24) is 9.80 Å². The van der Waals surface area contributed by atoms with Crippen molar-refractivity contribution in [2.24, 2.45) is 0 Å². The molecule has 0 aliphatic carbocycles. The van der Waals surface area contributed by atoms with Crippen molar-refractivity contribution in [3.63, 3.8) is 0 Å². The first-order valence-electron chi connectivity index (χ1n) is 9.30. The lowest BCUT2D eigenvalue weighted by Crippen LogP contribution is -2.45. The molecule has 1 saturated heterocycles. The SMILES string of the molecule is Cc1ccc(C)c(OCCN2CCN(C)CC2)c1Cc1ccccc1. The van der Waals surface area contributed by atoms with Crippen molar-refractivity contribution in [2.45, 2.75) is 20.3 Å². The molecule has 0 spiro atoms. The van der Waals surface area contributed by atoms with E-state index in [0.29, 0.717) is 0 Å². The third-order valence-corrected chi connectivity index (χ3v) is 5.17. The Morgan fingerprint density at radius 3 is 2.28 bits per heavy atom. The topological polar surface area (TPSA) is 15.7 Å². The number of nitrogens with zero attached hydrogens (tertiary/aromatic N) is 2. The van der Waals surface area contributed by atoms with Gasteiger partial charge in [-0.15, -0.1) is 0 Å². The monoisotopic (exact) mass is 338 g/mol. The maximum Gasteiger partial charge on any atom is 0.126 e. The average Bonchev–Trinajstić information content (AvgIpc) is 2.63. The molecular weight excluding hydrogens is 308 g/mol. The van der Waals surface area contributed by atoms with Gasteiger partial charge in [-0.05, 0) is 37.6 Å². The molecule has 2 aromatic carbocycles. The zero-order valence-electron chi connectivity index (χ0n) is 15.8. The van der Waals surface area contributed by atoms with E-state index in [1.807, 2.05) is 0 Å². The van der Waals surface area contributed by atoms with Crippen molar-refractivity contribution < 1.29 is 4.74 Å². The molecule has 1 fully saturated rings. The van der Waals surface area contributed by atoms with Gasteiger partial charge in [-0.2, -0.15) is 0 Å². The number of benzene rings is 2. The van der Waals surface area contributed by atoms with E-state index in [2.05, 4.69) is 73.2 Å². The highest BCUT2D eigenvalue weighted by molar-refractivity contribution is 5.47. The largest absolute Gasteiger partial charge is 0.492 e. The molecule has 0 atom stereocenters. The van der Waals surface area contributed by atoms with Crippen molar-refractivity contribution in [3.05, 3.63) is 64.7 Å². The number of aryl methyl sites for hydroxylation is 2. The van der Waals surface area contributed by atoms with Gasteiger partial charge in [0.25, 0.3) is 0 Å². The van der Waals surface area contributed by atoms with Gasteiger partial charge in [-0.1, -0.05) is 42.5 Å². The lowest BCUT2D eigenvalue weighted by Gasteiger charge is -2.32. The van der Waals surface area contributed by atoms with Crippen LogP contribution in [0.3, 0.4) is 0 Å². The van der Waals surface area contributed by atoms with Crippen molar-refractivity contribution >= 4 is 0 Å². The third kappa shape index (κ3) is 4.83. The first kappa shape index (κ1) is 18.0. The van der Waals surface area contributed by atoms with E-state index in [0.717, 1.165) is 51.5 Å². The van der Waals surface area contributed by atoms with Crippen molar-refractivity contribution in [1.29, 1.82) is 0 Å². The Morgan fingerprint density at radius 2 is 1.56 bits per heavy atom. The minimum Gasteiger partial charge on any atom is -0.492 e. The molecule has 1 aliphatic rings. The first-order valence-corrected chi connectivity index (χ1v) is 9.30. The number of piperazine rings is 1. The van der Waals surface area contributed by atoms with Crippen LogP contribution in [0.15, 0.2) is 42.5 Å². The molecule has 3 nitrogen and oxygen atoms in total. The summed E-state index contributed by atoms with van der Waals surface area (Å²) in [6.07, 6.45) is 0.929. The summed E-state index contributed by atoms with van der Waals surface area (Å²) in [5.74, 6) is 1.08. The van der Waals surface area contributed by atoms with Crippen LogP contribution in [0.25, 0.3) is 0 Å². The van der Waals surface area contributed by atoms with E-state index in [1.165, 1.54) is 22.3 Å². The van der Waals surface area contributed by atoms with Crippen LogP contribution in [0.4, 0.5) is 0 Å².